The molecule has 0 spiro atoms. The van der Waals surface area contributed by atoms with Crippen LogP contribution in [0.15, 0.2) is 88.0 Å². The fraction of sp³-hybridized carbons (Fsp3) is 0.0435. The number of anilines is 1. The topological polar surface area (TPSA) is 32.7 Å². The Labute approximate surface area is 177 Å². The summed E-state index contributed by atoms with van der Waals surface area (Å²) in [4.78, 5) is 19.5. The monoisotopic (exact) mass is 450 g/mol. The molecule has 0 fully saturated rings. The third kappa shape index (κ3) is 3.79. The van der Waals surface area contributed by atoms with Crippen LogP contribution in [0.4, 0.5) is 5.69 Å². The van der Waals surface area contributed by atoms with E-state index in [1.54, 1.807) is 17.0 Å². The number of halogens is 2. The Morgan fingerprint density at radius 2 is 1.71 bits per heavy atom. The van der Waals surface area contributed by atoms with Gasteiger partial charge in [0.05, 0.1) is 5.69 Å². The molecule has 5 heteroatoms. The van der Waals surface area contributed by atoms with E-state index in [9.17, 15) is 4.79 Å². The molecule has 4 rings (SSSR count). The number of rotatable bonds is 3. The van der Waals surface area contributed by atoms with Gasteiger partial charge >= 0.3 is 0 Å². The van der Waals surface area contributed by atoms with Crippen molar-refractivity contribution in [1.29, 1.82) is 0 Å². The molecule has 3 aromatic rings. The number of aliphatic imine (C=N–C) groups is 1. The van der Waals surface area contributed by atoms with Gasteiger partial charge in [-0.3, -0.25) is 9.69 Å². The Balaban J connectivity index is 1.82. The molecule has 3 nitrogen and oxygen atoms in total. The molecule has 0 bridgehead atoms. The molecule has 1 amide bonds. The van der Waals surface area contributed by atoms with Crippen molar-refractivity contribution in [3.8, 4) is 0 Å². The molecule has 0 unspecified atom stereocenters. The highest BCUT2D eigenvalue weighted by molar-refractivity contribution is 9.10. The summed E-state index contributed by atoms with van der Waals surface area (Å²) in [5.74, 6) is 0.418. The average Bonchev–Trinajstić information content (AvgIpc) is 3.00. The van der Waals surface area contributed by atoms with E-state index >= 15 is 0 Å². The SMILES string of the molecule is Cc1ccc(/C=C2/N=C(c3ccc(Cl)cc3)N(c3cccc(Br)c3)C2=O)cc1. The first-order valence-corrected chi connectivity index (χ1v) is 9.91. The van der Waals surface area contributed by atoms with Crippen LogP contribution in [0.25, 0.3) is 6.08 Å². The highest BCUT2D eigenvalue weighted by Gasteiger charge is 2.32. The summed E-state index contributed by atoms with van der Waals surface area (Å²) in [6.07, 6.45) is 1.82. The molecule has 0 N–H and O–H groups in total. The fourth-order valence-electron chi connectivity index (χ4n) is 2.98. The quantitative estimate of drug-likeness (QED) is 0.433. The lowest BCUT2D eigenvalue weighted by molar-refractivity contribution is -0.113. The van der Waals surface area contributed by atoms with E-state index in [1.165, 1.54) is 5.56 Å². The van der Waals surface area contributed by atoms with Crippen molar-refractivity contribution in [1.82, 2.24) is 0 Å². The van der Waals surface area contributed by atoms with Gasteiger partial charge in [0.1, 0.15) is 11.5 Å². The zero-order chi connectivity index (χ0) is 19.7. The van der Waals surface area contributed by atoms with Crippen molar-refractivity contribution in [2.75, 3.05) is 4.90 Å². The number of aryl methyl sites for hydroxylation is 1. The summed E-state index contributed by atoms with van der Waals surface area (Å²) in [5.41, 5.74) is 4.07. The maximum absolute atomic E-state index is 13.2. The van der Waals surface area contributed by atoms with E-state index in [4.69, 9.17) is 11.6 Å². The van der Waals surface area contributed by atoms with Gasteiger partial charge < -0.3 is 0 Å². The van der Waals surface area contributed by atoms with E-state index in [0.717, 1.165) is 21.3 Å². The Kier molecular flexibility index (Phi) is 5.16. The van der Waals surface area contributed by atoms with Crippen molar-refractivity contribution in [3.05, 3.63) is 105 Å². The fourth-order valence-corrected chi connectivity index (χ4v) is 3.50. The van der Waals surface area contributed by atoms with Crippen LogP contribution in [0.5, 0.6) is 0 Å². The molecule has 1 aliphatic heterocycles. The van der Waals surface area contributed by atoms with E-state index in [1.807, 2.05) is 73.7 Å². The van der Waals surface area contributed by atoms with Gasteiger partial charge in [0, 0.05) is 15.1 Å². The summed E-state index contributed by atoms with van der Waals surface area (Å²) >= 11 is 9.51. The number of carbonyl (C=O) groups excluding carboxylic acids is 1. The van der Waals surface area contributed by atoms with Gasteiger partial charge in [0.25, 0.3) is 5.91 Å². The van der Waals surface area contributed by atoms with Crippen LogP contribution in [-0.2, 0) is 4.79 Å². The van der Waals surface area contributed by atoms with E-state index < -0.39 is 0 Å². The second kappa shape index (κ2) is 7.74. The first kappa shape index (κ1) is 18.7. The highest BCUT2D eigenvalue weighted by atomic mass is 79.9. The largest absolute Gasteiger partial charge is 0.282 e. The lowest BCUT2D eigenvalue weighted by atomic mass is 10.1. The summed E-state index contributed by atoms with van der Waals surface area (Å²) < 4.78 is 0.893. The van der Waals surface area contributed by atoms with Crippen LogP contribution in [0, 0.1) is 6.92 Å². The Morgan fingerprint density at radius 1 is 1.00 bits per heavy atom. The molecule has 1 aliphatic rings. The highest BCUT2D eigenvalue weighted by Crippen LogP contribution is 2.30. The van der Waals surface area contributed by atoms with E-state index in [-0.39, 0.29) is 5.91 Å². The number of amidine groups is 1. The molecule has 3 aromatic carbocycles. The Morgan fingerprint density at radius 3 is 2.39 bits per heavy atom. The summed E-state index contributed by atoms with van der Waals surface area (Å²) in [6.45, 7) is 2.03. The molecule has 0 saturated heterocycles. The van der Waals surface area contributed by atoms with Crippen LogP contribution < -0.4 is 4.90 Å². The normalized spacial score (nSPS) is 15.2. The van der Waals surface area contributed by atoms with Gasteiger partial charge in [-0.1, -0.05) is 63.4 Å². The van der Waals surface area contributed by atoms with Crippen molar-refractivity contribution in [2.45, 2.75) is 6.92 Å². The number of carbonyl (C=O) groups is 1. The smallest absolute Gasteiger partial charge is 0.266 e. The van der Waals surface area contributed by atoms with Crippen molar-refractivity contribution >= 4 is 51.0 Å². The number of hydrogen-bond donors (Lipinski definition) is 0. The Bertz CT molecular complexity index is 1100. The lowest BCUT2D eigenvalue weighted by Crippen LogP contribution is -2.32. The zero-order valence-electron chi connectivity index (χ0n) is 15.1. The minimum atomic E-state index is -0.163. The molecular formula is C23H16BrClN2O. The van der Waals surface area contributed by atoms with Crippen LogP contribution in [0.1, 0.15) is 16.7 Å². The number of benzene rings is 3. The molecule has 0 saturated carbocycles. The van der Waals surface area contributed by atoms with Crippen LogP contribution in [0.2, 0.25) is 5.02 Å². The molecule has 0 atom stereocenters. The zero-order valence-corrected chi connectivity index (χ0v) is 17.4. The maximum Gasteiger partial charge on any atom is 0.282 e. The predicted octanol–water partition coefficient (Wildman–Crippen LogP) is 6.25. The summed E-state index contributed by atoms with van der Waals surface area (Å²) in [6, 6.07) is 22.9. The van der Waals surface area contributed by atoms with Crippen LogP contribution in [0.3, 0.4) is 0 Å². The Hall–Kier alpha value is -2.69. The van der Waals surface area contributed by atoms with Crippen molar-refractivity contribution < 1.29 is 4.79 Å². The molecule has 0 aliphatic carbocycles. The standard InChI is InChI=1S/C23H16BrClN2O/c1-15-5-7-16(8-6-15)13-21-23(28)27(20-4-2-3-18(24)14-20)22(26-21)17-9-11-19(25)12-10-17/h2-14H,1H3/b21-13+. The maximum atomic E-state index is 13.2. The van der Waals surface area contributed by atoms with Crippen LogP contribution in [-0.4, -0.2) is 11.7 Å². The molecule has 0 radical (unpaired) electrons. The molecular weight excluding hydrogens is 436 g/mol. The van der Waals surface area contributed by atoms with Gasteiger partial charge in [0.15, 0.2) is 0 Å². The minimum absolute atomic E-state index is 0.163. The first-order chi connectivity index (χ1) is 13.5. The van der Waals surface area contributed by atoms with Crippen LogP contribution >= 0.6 is 27.5 Å². The van der Waals surface area contributed by atoms with Crippen molar-refractivity contribution in [2.24, 2.45) is 4.99 Å². The van der Waals surface area contributed by atoms with E-state index in [2.05, 4.69) is 20.9 Å². The summed E-state index contributed by atoms with van der Waals surface area (Å²) in [7, 11) is 0. The third-order valence-corrected chi connectivity index (χ3v) is 5.16. The van der Waals surface area contributed by atoms with Gasteiger partial charge in [-0.2, -0.15) is 0 Å². The predicted molar refractivity (Wildman–Crippen MR) is 119 cm³/mol. The number of amides is 1. The second-order valence-corrected chi connectivity index (χ2v) is 7.86. The van der Waals surface area contributed by atoms with Gasteiger partial charge in [-0.05, 0) is 61.0 Å². The second-order valence-electron chi connectivity index (χ2n) is 6.50. The van der Waals surface area contributed by atoms with Gasteiger partial charge in [-0.25, -0.2) is 4.99 Å². The molecule has 0 aromatic heterocycles. The molecule has 28 heavy (non-hydrogen) atoms. The first-order valence-electron chi connectivity index (χ1n) is 8.74. The molecule has 1 heterocycles. The number of hydrogen-bond acceptors (Lipinski definition) is 2. The minimum Gasteiger partial charge on any atom is -0.266 e. The lowest BCUT2D eigenvalue weighted by Gasteiger charge is -2.18. The summed E-state index contributed by atoms with van der Waals surface area (Å²) in [5, 5.41) is 0.637. The third-order valence-electron chi connectivity index (χ3n) is 4.41. The molecule has 138 valence electrons. The van der Waals surface area contributed by atoms with Gasteiger partial charge in [-0.15, -0.1) is 0 Å². The van der Waals surface area contributed by atoms with Gasteiger partial charge in [0.2, 0.25) is 0 Å². The average molecular weight is 452 g/mol. The van der Waals surface area contributed by atoms with Crippen molar-refractivity contribution in [3.63, 3.8) is 0 Å². The van der Waals surface area contributed by atoms with E-state index in [0.29, 0.717) is 16.6 Å². The number of nitrogens with zero attached hydrogens (tertiary/aromatic N) is 2.